The molecule has 0 aliphatic carbocycles. The first-order valence-corrected chi connectivity index (χ1v) is 7.80. The summed E-state index contributed by atoms with van der Waals surface area (Å²) in [5.41, 5.74) is 0. The molecular weight excluding hydrogens is 240 g/mol. The maximum Gasteiger partial charge on any atom is 0.239 e. The van der Waals surface area contributed by atoms with E-state index in [0.717, 1.165) is 45.5 Å². The van der Waals surface area contributed by atoms with Gasteiger partial charge in [0, 0.05) is 19.7 Å². The van der Waals surface area contributed by atoms with Crippen molar-refractivity contribution in [2.24, 2.45) is 5.92 Å². The van der Waals surface area contributed by atoms with Gasteiger partial charge in [0.05, 0.1) is 12.1 Å². The number of ether oxygens (including phenoxy) is 1. The number of nitrogens with one attached hydrogen (secondary N) is 1. The molecule has 2 fully saturated rings. The van der Waals surface area contributed by atoms with E-state index in [2.05, 4.69) is 19.2 Å². The summed E-state index contributed by atoms with van der Waals surface area (Å²) in [4.78, 5) is 14.4. The number of carbonyl (C=O) groups excluding carboxylic acids is 1. The number of nitrogens with zero attached hydrogens (tertiary/aromatic N) is 1. The van der Waals surface area contributed by atoms with Crippen LogP contribution in [0.3, 0.4) is 0 Å². The van der Waals surface area contributed by atoms with Crippen LogP contribution >= 0.6 is 0 Å². The Morgan fingerprint density at radius 1 is 1.26 bits per heavy atom. The number of piperidine rings is 2. The number of likely N-dealkylation sites (tertiary alicyclic amines) is 1. The largest absolute Gasteiger partial charge is 0.378 e. The van der Waals surface area contributed by atoms with Crippen molar-refractivity contribution in [3.05, 3.63) is 0 Å². The highest BCUT2D eigenvalue weighted by Gasteiger charge is 2.29. The van der Waals surface area contributed by atoms with Gasteiger partial charge in [0.2, 0.25) is 5.91 Å². The molecule has 1 atom stereocenters. The summed E-state index contributed by atoms with van der Waals surface area (Å²) in [5.74, 6) is 0.896. The van der Waals surface area contributed by atoms with Crippen LogP contribution < -0.4 is 5.32 Å². The van der Waals surface area contributed by atoms with E-state index in [-0.39, 0.29) is 6.04 Å². The molecule has 0 aromatic carbocycles. The molecule has 0 spiro atoms. The molecule has 1 unspecified atom stereocenters. The van der Waals surface area contributed by atoms with E-state index >= 15 is 0 Å². The van der Waals surface area contributed by atoms with Crippen molar-refractivity contribution in [3.63, 3.8) is 0 Å². The van der Waals surface area contributed by atoms with E-state index in [0.29, 0.717) is 17.9 Å². The molecule has 2 aliphatic rings. The molecule has 0 aromatic heterocycles. The molecule has 2 aliphatic heterocycles. The molecule has 0 bridgehead atoms. The topological polar surface area (TPSA) is 41.6 Å². The summed E-state index contributed by atoms with van der Waals surface area (Å²) >= 11 is 0. The highest BCUT2D eigenvalue weighted by molar-refractivity contribution is 5.82. The molecule has 0 saturated carbocycles. The summed E-state index contributed by atoms with van der Waals surface area (Å²) in [6, 6.07) is 0.0712. The molecule has 0 radical (unpaired) electrons. The molecular formula is C15H28N2O2. The second-order valence-corrected chi connectivity index (χ2v) is 6.25. The maximum absolute atomic E-state index is 12.3. The van der Waals surface area contributed by atoms with Crippen LogP contribution in [0.2, 0.25) is 0 Å². The second kappa shape index (κ2) is 7.25. The van der Waals surface area contributed by atoms with Gasteiger partial charge >= 0.3 is 0 Å². The fourth-order valence-corrected chi connectivity index (χ4v) is 2.85. The molecule has 2 saturated heterocycles. The average Bonchev–Trinajstić information content (AvgIpc) is 2.46. The number of amides is 1. The highest BCUT2D eigenvalue weighted by Crippen LogP contribution is 2.17. The lowest BCUT2D eigenvalue weighted by atomic mass is 10.0. The molecule has 2 heterocycles. The SMILES string of the molecule is CC(C)COC1CCN(C(=O)C2CCCCN2)CC1. The van der Waals surface area contributed by atoms with Gasteiger partial charge < -0.3 is 15.0 Å². The Hall–Kier alpha value is -0.610. The third kappa shape index (κ3) is 4.46. The van der Waals surface area contributed by atoms with Crippen LogP contribution in [0.4, 0.5) is 0 Å². The molecule has 2 rings (SSSR count). The van der Waals surface area contributed by atoms with Crippen LogP contribution in [0, 0.1) is 5.92 Å². The van der Waals surface area contributed by atoms with Gasteiger partial charge in [0.15, 0.2) is 0 Å². The lowest BCUT2D eigenvalue weighted by Gasteiger charge is -2.35. The Balaban J connectivity index is 1.71. The maximum atomic E-state index is 12.3. The van der Waals surface area contributed by atoms with Gasteiger partial charge in [0.25, 0.3) is 0 Å². The van der Waals surface area contributed by atoms with Crippen molar-refractivity contribution in [2.75, 3.05) is 26.2 Å². The predicted octanol–water partition coefficient (Wildman–Crippen LogP) is 1.79. The van der Waals surface area contributed by atoms with Crippen molar-refractivity contribution in [1.29, 1.82) is 0 Å². The van der Waals surface area contributed by atoms with Gasteiger partial charge in [0.1, 0.15) is 0 Å². The number of hydrogen-bond acceptors (Lipinski definition) is 3. The van der Waals surface area contributed by atoms with Gasteiger partial charge in [-0.3, -0.25) is 4.79 Å². The zero-order valence-electron chi connectivity index (χ0n) is 12.4. The van der Waals surface area contributed by atoms with Gasteiger partial charge in [-0.05, 0) is 38.1 Å². The number of hydrogen-bond donors (Lipinski definition) is 1. The van der Waals surface area contributed by atoms with Gasteiger partial charge in [-0.15, -0.1) is 0 Å². The first kappa shape index (κ1) is 14.8. The zero-order chi connectivity index (χ0) is 13.7. The van der Waals surface area contributed by atoms with Crippen LogP contribution in [-0.2, 0) is 9.53 Å². The minimum Gasteiger partial charge on any atom is -0.378 e. The molecule has 4 heteroatoms. The van der Waals surface area contributed by atoms with Crippen LogP contribution in [0.15, 0.2) is 0 Å². The standard InChI is InChI=1S/C15H28N2O2/c1-12(2)11-19-13-6-9-17(10-7-13)15(18)14-5-3-4-8-16-14/h12-14,16H,3-11H2,1-2H3. The van der Waals surface area contributed by atoms with Crippen LogP contribution in [0.25, 0.3) is 0 Å². The van der Waals surface area contributed by atoms with Crippen LogP contribution in [0.1, 0.15) is 46.0 Å². The molecule has 19 heavy (non-hydrogen) atoms. The lowest BCUT2D eigenvalue weighted by Crippen LogP contribution is -2.51. The number of carbonyl (C=O) groups is 1. The predicted molar refractivity (Wildman–Crippen MR) is 76.0 cm³/mol. The zero-order valence-corrected chi connectivity index (χ0v) is 12.4. The van der Waals surface area contributed by atoms with Gasteiger partial charge in [-0.2, -0.15) is 0 Å². The summed E-state index contributed by atoms with van der Waals surface area (Å²) < 4.78 is 5.86. The summed E-state index contributed by atoms with van der Waals surface area (Å²) in [6.45, 7) is 7.90. The summed E-state index contributed by atoms with van der Waals surface area (Å²) in [6.07, 6.45) is 5.72. The Kier molecular flexibility index (Phi) is 5.64. The lowest BCUT2D eigenvalue weighted by molar-refractivity contribution is -0.136. The number of rotatable bonds is 4. The fourth-order valence-electron chi connectivity index (χ4n) is 2.85. The average molecular weight is 268 g/mol. The molecule has 110 valence electrons. The minimum atomic E-state index is 0.0712. The van der Waals surface area contributed by atoms with Crippen LogP contribution in [0.5, 0.6) is 0 Å². The van der Waals surface area contributed by atoms with Crippen molar-refractivity contribution in [2.45, 2.75) is 58.1 Å². The minimum absolute atomic E-state index is 0.0712. The van der Waals surface area contributed by atoms with Crippen LogP contribution in [-0.4, -0.2) is 49.2 Å². The Bertz CT molecular complexity index is 280. The Labute approximate surface area is 116 Å². The normalized spacial score (nSPS) is 25.8. The second-order valence-electron chi connectivity index (χ2n) is 6.25. The first-order valence-electron chi connectivity index (χ1n) is 7.80. The van der Waals surface area contributed by atoms with Crippen molar-refractivity contribution >= 4 is 5.91 Å². The van der Waals surface area contributed by atoms with Crippen molar-refractivity contribution < 1.29 is 9.53 Å². The third-order valence-corrected chi connectivity index (χ3v) is 4.03. The Morgan fingerprint density at radius 2 is 2.00 bits per heavy atom. The van der Waals surface area contributed by atoms with E-state index in [1.54, 1.807) is 0 Å². The molecule has 4 nitrogen and oxygen atoms in total. The van der Waals surface area contributed by atoms with Gasteiger partial charge in [-0.1, -0.05) is 20.3 Å². The van der Waals surface area contributed by atoms with E-state index < -0.39 is 0 Å². The fraction of sp³-hybridized carbons (Fsp3) is 0.933. The molecule has 0 aromatic rings. The smallest absolute Gasteiger partial charge is 0.239 e. The van der Waals surface area contributed by atoms with E-state index in [9.17, 15) is 4.79 Å². The van der Waals surface area contributed by atoms with Crippen molar-refractivity contribution in [3.8, 4) is 0 Å². The monoisotopic (exact) mass is 268 g/mol. The molecule has 1 amide bonds. The summed E-state index contributed by atoms with van der Waals surface area (Å²) in [5, 5.41) is 3.34. The van der Waals surface area contributed by atoms with Crippen molar-refractivity contribution in [1.82, 2.24) is 10.2 Å². The molecule has 1 N–H and O–H groups in total. The summed E-state index contributed by atoms with van der Waals surface area (Å²) in [7, 11) is 0. The van der Waals surface area contributed by atoms with E-state index in [1.807, 2.05) is 4.90 Å². The third-order valence-electron chi connectivity index (χ3n) is 4.03. The first-order chi connectivity index (χ1) is 9.16. The van der Waals surface area contributed by atoms with Gasteiger partial charge in [-0.25, -0.2) is 0 Å². The Morgan fingerprint density at radius 3 is 2.58 bits per heavy atom. The quantitative estimate of drug-likeness (QED) is 0.845. The van der Waals surface area contributed by atoms with E-state index in [4.69, 9.17) is 4.74 Å². The highest BCUT2D eigenvalue weighted by atomic mass is 16.5. The van der Waals surface area contributed by atoms with E-state index in [1.165, 1.54) is 12.8 Å².